The van der Waals surface area contributed by atoms with Gasteiger partial charge in [-0.25, -0.2) is 9.18 Å². The maximum Gasteiger partial charge on any atom is 0.408 e. The monoisotopic (exact) mass is 415 g/mol. The van der Waals surface area contributed by atoms with Gasteiger partial charge in [0, 0.05) is 12.2 Å². The van der Waals surface area contributed by atoms with Crippen molar-refractivity contribution in [3.05, 3.63) is 65.5 Å². The first-order chi connectivity index (χ1) is 14.1. The number of ether oxygens (including phenoxy) is 1. The molecule has 8 heteroatoms. The molecule has 2 aromatic carbocycles. The maximum absolute atomic E-state index is 13.7. The first-order valence-electron chi connectivity index (χ1n) is 9.49. The van der Waals surface area contributed by atoms with Crippen molar-refractivity contribution >= 4 is 23.6 Å². The highest BCUT2D eigenvalue weighted by Gasteiger charge is 2.16. The fourth-order valence-electron chi connectivity index (χ4n) is 2.53. The van der Waals surface area contributed by atoms with Crippen LogP contribution < -0.4 is 16.0 Å². The molecule has 30 heavy (non-hydrogen) atoms. The normalized spacial score (nSPS) is 10.8. The molecular weight excluding hydrogens is 389 g/mol. The molecule has 0 aliphatic rings. The summed E-state index contributed by atoms with van der Waals surface area (Å²) in [5.41, 5.74) is 0.832. The first kappa shape index (κ1) is 22.9. The smallest absolute Gasteiger partial charge is 0.408 e. The van der Waals surface area contributed by atoms with Crippen molar-refractivity contribution in [1.82, 2.24) is 10.6 Å². The van der Waals surface area contributed by atoms with Crippen molar-refractivity contribution < 1.29 is 23.5 Å². The van der Waals surface area contributed by atoms with Gasteiger partial charge in [0.2, 0.25) is 11.8 Å². The molecule has 0 bridgehead atoms. The molecular formula is C22H26FN3O4. The molecule has 2 rings (SSSR count). The van der Waals surface area contributed by atoms with Crippen LogP contribution in [-0.4, -0.2) is 30.1 Å². The highest BCUT2D eigenvalue weighted by atomic mass is 19.1. The van der Waals surface area contributed by atoms with Crippen LogP contribution in [0.25, 0.3) is 0 Å². The van der Waals surface area contributed by atoms with Gasteiger partial charge in [0.25, 0.3) is 0 Å². The van der Waals surface area contributed by atoms with Crippen molar-refractivity contribution in [2.45, 2.75) is 39.3 Å². The molecule has 7 nitrogen and oxygen atoms in total. The van der Waals surface area contributed by atoms with Gasteiger partial charge in [0.05, 0.1) is 6.42 Å². The van der Waals surface area contributed by atoms with E-state index in [0.717, 1.165) is 0 Å². The summed E-state index contributed by atoms with van der Waals surface area (Å²) in [5.74, 6) is -1.22. The topological polar surface area (TPSA) is 96.5 Å². The van der Waals surface area contributed by atoms with E-state index in [1.165, 1.54) is 6.07 Å². The van der Waals surface area contributed by atoms with Crippen LogP contribution in [0.4, 0.5) is 14.9 Å². The predicted octanol–water partition coefficient (Wildman–Crippen LogP) is 3.15. The van der Waals surface area contributed by atoms with Gasteiger partial charge in [-0.05, 0) is 44.0 Å². The third kappa shape index (κ3) is 7.90. The molecule has 3 N–H and O–H groups in total. The summed E-state index contributed by atoms with van der Waals surface area (Å²) < 4.78 is 18.8. The molecule has 0 aromatic heterocycles. The number of nitrogens with one attached hydrogen (secondary N) is 3. The summed E-state index contributed by atoms with van der Waals surface area (Å²) in [6.07, 6.45) is -0.786. The average molecular weight is 415 g/mol. The molecule has 0 aliphatic heterocycles. The number of rotatable bonds is 7. The fraction of sp³-hybridized carbons (Fsp3) is 0.318. The van der Waals surface area contributed by atoms with Gasteiger partial charge in [-0.3, -0.25) is 9.59 Å². The fourth-order valence-corrected chi connectivity index (χ4v) is 2.53. The molecule has 0 radical (unpaired) electrons. The number of carbonyl (C=O) groups excluding carboxylic acids is 3. The highest BCUT2D eigenvalue weighted by molar-refractivity contribution is 5.93. The number of hydrogen-bond acceptors (Lipinski definition) is 4. The molecule has 0 unspecified atom stereocenters. The Morgan fingerprint density at radius 3 is 2.20 bits per heavy atom. The Kier molecular flexibility index (Phi) is 7.91. The van der Waals surface area contributed by atoms with E-state index in [-0.39, 0.29) is 25.4 Å². The second-order valence-electron chi connectivity index (χ2n) is 7.61. The Morgan fingerprint density at radius 2 is 1.53 bits per heavy atom. The van der Waals surface area contributed by atoms with Crippen molar-refractivity contribution in [3.8, 4) is 0 Å². The second kappa shape index (κ2) is 10.4. The van der Waals surface area contributed by atoms with Crippen LogP contribution in [-0.2, 0) is 27.3 Å². The number of carbonyl (C=O) groups is 3. The minimum absolute atomic E-state index is 0.104. The molecule has 0 saturated carbocycles. The first-order valence-corrected chi connectivity index (χ1v) is 9.49. The Balaban J connectivity index is 1.87. The van der Waals surface area contributed by atoms with E-state index in [2.05, 4.69) is 16.0 Å². The van der Waals surface area contributed by atoms with E-state index >= 15 is 0 Å². The molecule has 0 spiro atoms. The lowest BCUT2D eigenvalue weighted by Gasteiger charge is -2.19. The Hall–Kier alpha value is -3.42. The van der Waals surface area contributed by atoms with Crippen LogP contribution >= 0.6 is 0 Å². The number of benzene rings is 2. The van der Waals surface area contributed by atoms with Crippen LogP contribution in [0.1, 0.15) is 31.9 Å². The zero-order valence-electron chi connectivity index (χ0n) is 17.3. The molecule has 2 aromatic rings. The minimum Gasteiger partial charge on any atom is -0.444 e. The molecule has 0 aliphatic carbocycles. The second-order valence-corrected chi connectivity index (χ2v) is 7.61. The van der Waals surface area contributed by atoms with E-state index in [1.807, 2.05) is 0 Å². The number of para-hydroxylation sites is 1. The third-order valence-electron chi connectivity index (χ3n) is 3.87. The van der Waals surface area contributed by atoms with Crippen LogP contribution in [0.5, 0.6) is 0 Å². The van der Waals surface area contributed by atoms with Crippen molar-refractivity contribution in [1.29, 1.82) is 0 Å². The summed E-state index contributed by atoms with van der Waals surface area (Å²) in [7, 11) is 0. The lowest BCUT2D eigenvalue weighted by molar-refractivity contribution is -0.120. The van der Waals surface area contributed by atoms with Crippen LogP contribution in [0.3, 0.4) is 0 Å². The SMILES string of the molecule is CC(C)(C)OC(=O)NCC(=O)NCc1ccccc1NC(=O)Cc1ccccc1F. The Morgan fingerprint density at radius 1 is 0.900 bits per heavy atom. The summed E-state index contributed by atoms with van der Waals surface area (Å²) in [6.45, 7) is 5.08. The molecule has 0 heterocycles. The van der Waals surface area contributed by atoms with Gasteiger partial charge < -0.3 is 20.7 Å². The van der Waals surface area contributed by atoms with Crippen molar-refractivity contribution in [2.75, 3.05) is 11.9 Å². The zero-order chi connectivity index (χ0) is 22.1. The summed E-state index contributed by atoms with van der Waals surface area (Å²) in [4.78, 5) is 35.9. The molecule has 0 atom stereocenters. The van der Waals surface area contributed by atoms with E-state index < -0.39 is 23.4 Å². The predicted molar refractivity (Wildman–Crippen MR) is 111 cm³/mol. The van der Waals surface area contributed by atoms with Gasteiger partial charge in [-0.2, -0.15) is 0 Å². The average Bonchev–Trinajstić information content (AvgIpc) is 2.66. The minimum atomic E-state index is -0.682. The standard InChI is InChI=1S/C22H26FN3O4/c1-22(2,3)30-21(29)25-14-20(28)24-13-16-9-5-7-11-18(16)26-19(27)12-15-8-4-6-10-17(15)23/h4-11H,12-14H2,1-3H3,(H,24,28)(H,25,29)(H,26,27). The van der Waals surface area contributed by atoms with Gasteiger partial charge in [-0.15, -0.1) is 0 Å². The van der Waals surface area contributed by atoms with Gasteiger partial charge in [0.15, 0.2) is 0 Å². The van der Waals surface area contributed by atoms with Gasteiger partial charge in [-0.1, -0.05) is 36.4 Å². The van der Waals surface area contributed by atoms with E-state index in [0.29, 0.717) is 16.8 Å². The van der Waals surface area contributed by atoms with Crippen molar-refractivity contribution in [3.63, 3.8) is 0 Å². The number of halogens is 1. The van der Waals surface area contributed by atoms with E-state index in [1.54, 1.807) is 63.2 Å². The molecule has 0 fully saturated rings. The maximum atomic E-state index is 13.7. The van der Waals surface area contributed by atoms with Crippen molar-refractivity contribution in [2.24, 2.45) is 0 Å². The van der Waals surface area contributed by atoms with Gasteiger partial charge >= 0.3 is 6.09 Å². The number of alkyl carbamates (subject to hydrolysis) is 1. The van der Waals surface area contributed by atoms with E-state index in [4.69, 9.17) is 4.74 Å². The summed E-state index contributed by atoms with van der Waals surface area (Å²) in [5, 5.41) is 7.78. The quantitative estimate of drug-likeness (QED) is 0.647. The summed E-state index contributed by atoms with van der Waals surface area (Å²) >= 11 is 0. The number of hydrogen-bond donors (Lipinski definition) is 3. The third-order valence-corrected chi connectivity index (χ3v) is 3.87. The van der Waals surface area contributed by atoms with E-state index in [9.17, 15) is 18.8 Å². The highest BCUT2D eigenvalue weighted by Crippen LogP contribution is 2.16. The van der Waals surface area contributed by atoms with Crippen LogP contribution in [0.2, 0.25) is 0 Å². The molecule has 0 saturated heterocycles. The zero-order valence-corrected chi connectivity index (χ0v) is 17.3. The number of anilines is 1. The Bertz CT molecular complexity index is 909. The largest absolute Gasteiger partial charge is 0.444 e. The summed E-state index contributed by atoms with van der Waals surface area (Å²) in [6, 6.07) is 13.0. The molecule has 160 valence electrons. The lowest BCUT2D eigenvalue weighted by Crippen LogP contribution is -2.39. The van der Waals surface area contributed by atoms with Crippen LogP contribution in [0.15, 0.2) is 48.5 Å². The Labute approximate surface area is 175 Å². The van der Waals surface area contributed by atoms with Gasteiger partial charge in [0.1, 0.15) is 18.0 Å². The molecule has 3 amide bonds. The van der Waals surface area contributed by atoms with Crippen LogP contribution in [0, 0.1) is 5.82 Å². The lowest BCUT2D eigenvalue weighted by atomic mass is 10.1. The number of amides is 3.